The smallest absolute Gasteiger partial charge is 0.381 e. The first-order valence-electron chi connectivity index (χ1n) is 3.60. The zero-order valence-corrected chi connectivity index (χ0v) is 8.15. The van der Waals surface area contributed by atoms with E-state index in [1.165, 1.54) is 6.92 Å². The zero-order chi connectivity index (χ0) is 11.4. The fourth-order valence-corrected chi connectivity index (χ4v) is 1.12. The van der Waals surface area contributed by atoms with Gasteiger partial charge in [-0.1, -0.05) is 0 Å². The van der Waals surface area contributed by atoms with E-state index in [1.807, 2.05) is 0 Å². The molecule has 0 aromatic rings. The minimum atomic E-state index is -5.56. The summed E-state index contributed by atoms with van der Waals surface area (Å²) in [5.41, 5.74) is -0.371. The van der Waals surface area contributed by atoms with Crippen molar-refractivity contribution in [1.29, 1.82) is 0 Å². The monoisotopic (exact) mass is 233 g/mol. The fourth-order valence-electron chi connectivity index (χ4n) is 0.565. The molecule has 0 aliphatic carbocycles. The maximum atomic E-state index is 11.8. The highest BCUT2D eigenvalue weighted by Crippen LogP contribution is 2.26. The van der Waals surface area contributed by atoms with Crippen molar-refractivity contribution in [1.82, 2.24) is 0 Å². The highest BCUT2D eigenvalue weighted by Gasteiger charge is 2.48. The minimum absolute atomic E-state index is 0.00699. The lowest BCUT2D eigenvalue weighted by Crippen LogP contribution is -2.25. The van der Waals surface area contributed by atoms with Gasteiger partial charge in [-0.15, -0.1) is 0 Å². The van der Waals surface area contributed by atoms with Gasteiger partial charge in [-0.3, -0.25) is 0 Å². The van der Waals surface area contributed by atoms with E-state index in [4.69, 9.17) is 5.73 Å². The summed E-state index contributed by atoms with van der Waals surface area (Å²) in [5, 5.41) is 0. The third-order valence-corrected chi connectivity index (χ3v) is 2.21. The van der Waals surface area contributed by atoms with Crippen LogP contribution in [0.2, 0.25) is 0 Å². The number of allylic oxidation sites excluding steroid dienone is 1. The standard InChI is InChI=1S/C6H10F3NO3S/c1-2-5(3-4-10)13-14(11,12)6(7,8)9/h2H,3-4,10H2,1H3/b5-2+. The Kier molecular flexibility index (Phi) is 4.40. The molecule has 0 aliphatic heterocycles. The molecule has 0 atom stereocenters. The van der Waals surface area contributed by atoms with Crippen molar-refractivity contribution in [3.8, 4) is 0 Å². The molecular formula is C6H10F3NO3S. The SMILES string of the molecule is C/C=C(\CCN)OS(=O)(=O)C(F)(F)F. The van der Waals surface area contributed by atoms with Crippen LogP contribution in [0.15, 0.2) is 11.8 Å². The molecule has 0 spiro atoms. The van der Waals surface area contributed by atoms with E-state index < -0.39 is 15.6 Å². The lowest BCUT2D eigenvalue weighted by atomic mass is 10.3. The molecule has 0 saturated heterocycles. The summed E-state index contributed by atoms with van der Waals surface area (Å²) in [7, 11) is -5.56. The summed E-state index contributed by atoms with van der Waals surface area (Å²) in [6.07, 6.45) is 1.06. The molecule has 0 heterocycles. The number of halogens is 3. The summed E-state index contributed by atoms with van der Waals surface area (Å²) in [5.74, 6) is -0.315. The number of hydrogen-bond donors (Lipinski definition) is 1. The zero-order valence-electron chi connectivity index (χ0n) is 7.34. The topological polar surface area (TPSA) is 69.4 Å². The van der Waals surface area contributed by atoms with Gasteiger partial charge >= 0.3 is 15.6 Å². The number of alkyl halides is 3. The molecule has 0 unspecified atom stereocenters. The highest BCUT2D eigenvalue weighted by molar-refractivity contribution is 7.87. The molecule has 0 aliphatic rings. The van der Waals surface area contributed by atoms with Crippen molar-refractivity contribution in [3.63, 3.8) is 0 Å². The Labute approximate surface area is 79.7 Å². The van der Waals surface area contributed by atoms with E-state index in [0.717, 1.165) is 6.08 Å². The third kappa shape index (κ3) is 3.54. The minimum Gasteiger partial charge on any atom is -0.381 e. The van der Waals surface area contributed by atoms with Crippen molar-refractivity contribution in [3.05, 3.63) is 11.8 Å². The van der Waals surface area contributed by atoms with Crippen LogP contribution in [0.25, 0.3) is 0 Å². The van der Waals surface area contributed by atoms with Gasteiger partial charge in [0.05, 0.1) is 0 Å². The summed E-state index contributed by atoms with van der Waals surface area (Å²) in [6.45, 7) is 1.37. The average Bonchev–Trinajstić information content (AvgIpc) is 2.01. The molecule has 0 aromatic heterocycles. The number of nitrogens with two attached hydrogens (primary N) is 1. The second-order valence-electron chi connectivity index (χ2n) is 2.28. The van der Waals surface area contributed by atoms with Crippen LogP contribution in [0.1, 0.15) is 13.3 Å². The van der Waals surface area contributed by atoms with Crippen LogP contribution in [0, 0.1) is 0 Å². The van der Waals surface area contributed by atoms with Crippen LogP contribution in [0.3, 0.4) is 0 Å². The molecule has 0 radical (unpaired) electrons. The van der Waals surface area contributed by atoms with Crippen molar-refractivity contribution in [2.75, 3.05) is 6.54 Å². The van der Waals surface area contributed by atoms with Crippen molar-refractivity contribution in [2.45, 2.75) is 18.9 Å². The Morgan fingerprint density at radius 3 is 2.29 bits per heavy atom. The van der Waals surface area contributed by atoms with Gasteiger partial charge in [-0.25, -0.2) is 0 Å². The molecule has 0 amide bonds. The van der Waals surface area contributed by atoms with E-state index in [-0.39, 0.29) is 18.7 Å². The fraction of sp³-hybridized carbons (Fsp3) is 0.667. The van der Waals surface area contributed by atoms with E-state index >= 15 is 0 Å². The quantitative estimate of drug-likeness (QED) is 0.448. The van der Waals surface area contributed by atoms with Crippen LogP contribution in [0.5, 0.6) is 0 Å². The van der Waals surface area contributed by atoms with Gasteiger partial charge in [-0.05, 0) is 19.5 Å². The van der Waals surface area contributed by atoms with Crippen molar-refractivity contribution >= 4 is 10.1 Å². The van der Waals surface area contributed by atoms with E-state index in [0.29, 0.717) is 0 Å². The summed E-state index contributed by atoms with van der Waals surface area (Å²) < 4.78 is 60.2. The maximum Gasteiger partial charge on any atom is 0.534 e. The number of rotatable bonds is 4. The first-order valence-corrected chi connectivity index (χ1v) is 5.01. The van der Waals surface area contributed by atoms with Crippen molar-refractivity contribution in [2.24, 2.45) is 5.73 Å². The Hall–Kier alpha value is -0.760. The molecule has 4 nitrogen and oxygen atoms in total. The van der Waals surface area contributed by atoms with Crippen LogP contribution in [-0.4, -0.2) is 20.5 Å². The summed E-state index contributed by atoms with van der Waals surface area (Å²) >= 11 is 0. The molecule has 14 heavy (non-hydrogen) atoms. The van der Waals surface area contributed by atoms with E-state index in [9.17, 15) is 21.6 Å². The van der Waals surface area contributed by atoms with Gasteiger partial charge in [-0.2, -0.15) is 21.6 Å². The van der Waals surface area contributed by atoms with Crippen LogP contribution in [-0.2, 0) is 14.3 Å². The predicted octanol–water partition coefficient (Wildman–Crippen LogP) is 1.11. The molecular weight excluding hydrogens is 223 g/mol. The molecule has 84 valence electrons. The van der Waals surface area contributed by atoms with Gasteiger partial charge in [0.25, 0.3) is 0 Å². The molecule has 0 rings (SSSR count). The van der Waals surface area contributed by atoms with Gasteiger partial charge in [0.2, 0.25) is 0 Å². The van der Waals surface area contributed by atoms with Crippen molar-refractivity contribution < 1.29 is 25.8 Å². The Balaban J connectivity index is 4.68. The maximum absolute atomic E-state index is 11.8. The predicted molar refractivity (Wildman–Crippen MR) is 43.5 cm³/mol. The highest BCUT2D eigenvalue weighted by atomic mass is 32.2. The van der Waals surface area contributed by atoms with Gasteiger partial charge in [0.1, 0.15) is 5.76 Å². The lowest BCUT2D eigenvalue weighted by Gasteiger charge is -2.11. The molecule has 8 heteroatoms. The Morgan fingerprint density at radius 2 is 2.00 bits per heavy atom. The molecule has 0 aromatic carbocycles. The molecule has 0 bridgehead atoms. The Bertz CT molecular complexity index is 307. The van der Waals surface area contributed by atoms with E-state index in [2.05, 4.69) is 4.18 Å². The Morgan fingerprint density at radius 1 is 1.50 bits per heavy atom. The number of hydrogen-bond acceptors (Lipinski definition) is 4. The third-order valence-electron chi connectivity index (χ3n) is 1.21. The second-order valence-corrected chi connectivity index (χ2v) is 3.81. The van der Waals surface area contributed by atoms with Crippen LogP contribution >= 0.6 is 0 Å². The molecule has 2 N–H and O–H groups in total. The first kappa shape index (κ1) is 13.2. The molecule has 0 saturated carbocycles. The van der Waals surface area contributed by atoms with Crippen LogP contribution in [0.4, 0.5) is 13.2 Å². The first-order chi connectivity index (χ1) is 6.24. The van der Waals surface area contributed by atoms with E-state index in [1.54, 1.807) is 0 Å². The average molecular weight is 233 g/mol. The molecule has 0 fully saturated rings. The van der Waals surface area contributed by atoms with Gasteiger partial charge in [0.15, 0.2) is 0 Å². The largest absolute Gasteiger partial charge is 0.534 e. The van der Waals surface area contributed by atoms with Crippen LogP contribution < -0.4 is 5.73 Å². The second kappa shape index (κ2) is 4.65. The summed E-state index contributed by atoms with van der Waals surface area (Å²) in [4.78, 5) is 0. The normalized spacial score (nSPS) is 14.2. The van der Waals surface area contributed by atoms with Gasteiger partial charge in [0, 0.05) is 6.42 Å². The van der Waals surface area contributed by atoms with Gasteiger partial charge < -0.3 is 9.92 Å². The summed E-state index contributed by atoms with van der Waals surface area (Å²) in [6, 6.07) is 0. The lowest BCUT2D eigenvalue weighted by molar-refractivity contribution is -0.0523.